The third-order valence-electron chi connectivity index (χ3n) is 3.77. The molecule has 1 aromatic heterocycles. The molecule has 108 valence electrons. The first kappa shape index (κ1) is 15.0. The number of nitrogens with one attached hydrogen (secondary N) is 1. The Balaban J connectivity index is 2.21. The summed E-state index contributed by atoms with van der Waals surface area (Å²) < 4.78 is 11.8. The van der Waals surface area contributed by atoms with Gasteiger partial charge >= 0.3 is 0 Å². The predicted molar refractivity (Wildman–Crippen MR) is 79.8 cm³/mol. The first-order valence-corrected chi connectivity index (χ1v) is 8.24. The Labute approximate surface area is 120 Å². The molecule has 0 aliphatic carbocycles. The van der Waals surface area contributed by atoms with E-state index in [1.807, 2.05) is 0 Å². The monoisotopic (exact) mass is 283 g/mol. The standard InChI is InChI=1S/C15H25NO2S/c1-3-8-16-14(13-5-11-19-12-13)15(18-4-2)6-9-17-10-7-15/h5,11-12,14,16H,3-4,6-10H2,1-2H3. The van der Waals surface area contributed by atoms with Crippen molar-refractivity contribution >= 4 is 11.3 Å². The van der Waals surface area contributed by atoms with Gasteiger partial charge in [0, 0.05) is 32.7 Å². The van der Waals surface area contributed by atoms with Crippen molar-refractivity contribution in [3.63, 3.8) is 0 Å². The summed E-state index contributed by atoms with van der Waals surface area (Å²) in [6.07, 6.45) is 3.08. The summed E-state index contributed by atoms with van der Waals surface area (Å²) in [6.45, 7) is 7.67. The van der Waals surface area contributed by atoms with Crippen LogP contribution in [-0.4, -0.2) is 32.0 Å². The molecule has 3 nitrogen and oxygen atoms in total. The largest absolute Gasteiger partial charge is 0.381 e. The average molecular weight is 283 g/mol. The summed E-state index contributed by atoms with van der Waals surface area (Å²) in [5.74, 6) is 0. The highest BCUT2D eigenvalue weighted by Crippen LogP contribution is 2.38. The Morgan fingerprint density at radius 1 is 1.42 bits per heavy atom. The van der Waals surface area contributed by atoms with E-state index in [1.165, 1.54) is 5.56 Å². The van der Waals surface area contributed by atoms with Gasteiger partial charge in [-0.1, -0.05) is 6.92 Å². The molecule has 1 saturated heterocycles. The normalized spacial score (nSPS) is 20.3. The zero-order valence-corrected chi connectivity index (χ0v) is 12.8. The zero-order chi connectivity index (χ0) is 13.6. The maximum Gasteiger partial charge on any atom is 0.0920 e. The van der Waals surface area contributed by atoms with E-state index < -0.39 is 0 Å². The first-order valence-electron chi connectivity index (χ1n) is 7.29. The van der Waals surface area contributed by atoms with Crippen LogP contribution in [-0.2, 0) is 9.47 Å². The van der Waals surface area contributed by atoms with Crippen molar-refractivity contribution < 1.29 is 9.47 Å². The van der Waals surface area contributed by atoms with E-state index in [4.69, 9.17) is 9.47 Å². The van der Waals surface area contributed by atoms with Crippen LogP contribution in [0.25, 0.3) is 0 Å². The molecule has 0 spiro atoms. The number of hydrogen-bond donors (Lipinski definition) is 1. The molecule has 1 aromatic rings. The average Bonchev–Trinajstić information content (AvgIpc) is 2.94. The van der Waals surface area contributed by atoms with E-state index in [-0.39, 0.29) is 11.6 Å². The van der Waals surface area contributed by atoms with Gasteiger partial charge in [0.25, 0.3) is 0 Å². The van der Waals surface area contributed by atoms with Gasteiger partial charge in [0.1, 0.15) is 0 Å². The summed E-state index contributed by atoms with van der Waals surface area (Å²) in [7, 11) is 0. The Kier molecular flexibility index (Phi) is 5.82. The second-order valence-electron chi connectivity index (χ2n) is 5.05. The van der Waals surface area contributed by atoms with E-state index in [2.05, 4.69) is 36.0 Å². The van der Waals surface area contributed by atoms with Crippen molar-refractivity contribution in [3.05, 3.63) is 22.4 Å². The van der Waals surface area contributed by atoms with Crippen LogP contribution in [0.15, 0.2) is 16.8 Å². The van der Waals surface area contributed by atoms with E-state index in [0.717, 1.165) is 45.6 Å². The highest BCUT2D eigenvalue weighted by Gasteiger charge is 2.41. The molecule has 19 heavy (non-hydrogen) atoms. The third kappa shape index (κ3) is 3.57. The van der Waals surface area contributed by atoms with Crippen LogP contribution >= 0.6 is 11.3 Å². The summed E-state index contributed by atoms with van der Waals surface area (Å²) in [5.41, 5.74) is 1.25. The molecular weight excluding hydrogens is 258 g/mol. The molecular formula is C15H25NO2S. The van der Waals surface area contributed by atoms with Gasteiger partial charge in [0.15, 0.2) is 0 Å². The van der Waals surface area contributed by atoms with Crippen LogP contribution in [0.4, 0.5) is 0 Å². The Morgan fingerprint density at radius 2 is 2.21 bits per heavy atom. The van der Waals surface area contributed by atoms with Gasteiger partial charge in [0.2, 0.25) is 0 Å². The molecule has 2 heterocycles. The van der Waals surface area contributed by atoms with Crippen molar-refractivity contribution in [2.75, 3.05) is 26.4 Å². The summed E-state index contributed by atoms with van der Waals surface area (Å²) >= 11 is 1.76. The second kappa shape index (κ2) is 7.39. The van der Waals surface area contributed by atoms with Crippen molar-refractivity contribution in [1.29, 1.82) is 0 Å². The lowest BCUT2D eigenvalue weighted by Crippen LogP contribution is -2.50. The molecule has 1 aliphatic rings. The molecule has 2 rings (SSSR count). The molecule has 0 saturated carbocycles. The van der Waals surface area contributed by atoms with E-state index in [0.29, 0.717) is 0 Å². The molecule has 4 heteroatoms. The summed E-state index contributed by atoms with van der Waals surface area (Å²) in [6, 6.07) is 2.50. The van der Waals surface area contributed by atoms with Crippen LogP contribution in [0.5, 0.6) is 0 Å². The van der Waals surface area contributed by atoms with E-state index in [1.54, 1.807) is 11.3 Å². The Morgan fingerprint density at radius 3 is 2.79 bits per heavy atom. The Hall–Kier alpha value is -0.420. The number of rotatable bonds is 7. The van der Waals surface area contributed by atoms with E-state index in [9.17, 15) is 0 Å². The number of thiophene rings is 1. The minimum atomic E-state index is -0.108. The predicted octanol–water partition coefficient (Wildman–Crippen LogP) is 3.37. The summed E-state index contributed by atoms with van der Waals surface area (Å²) in [4.78, 5) is 0. The number of hydrogen-bond acceptors (Lipinski definition) is 4. The van der Waals surface area contributed by atoms with Crippen molar-refractivity contribution in [1.82, 2.24) is 5.32 Å². The van der Waals surface area contributed by atoms with Gasteiger partial charge in [-0.05, 0) is 42.3 Å². The summed E-state index contributed by atoms with van der Waals surface area (Å²) in [5, 5.41) is 8.08. The highest BCUT2D eigenvalue weighted by atomic mass is 32.1. The molecule has 1 N–H and O–H groups in total. The van der Waals surface area contributed by atoms with Crippen molar-refractivity contribution in [2.24, 2.45) is 0 Å². The fraction of sp³-hybridized carbons (Fsp3) is 0.733. The van der Waals surface area contributed by atoms with Crippen LogP contribution in [0.2, 0.25) is 0 Å². The highest BCUT2D eigenvalue weighted by molar-refractivity contribution is 7.07. The quantitative estimate of drug-likeness (QED) is 0.832. The van der Waals surface area contributed by atoms with Gasteiger partial charge in [-0.15, -0.1) is 0 Å². The van der Waals surface area contributed by atoms with Crippen molar-refractivity contribution in [2.45, 2.75) is 44.8 Å². The second-order valence-corrected chi connectivity index (χ2v) is 5.83. The number of ether oxygens (including phenoxy) is 2. The lowest BCUT2D eigenvalue weighted by Gasteiger charge is -2.43. The fourth-order valence-electron chi connectivity index (χ4n) is 2.86. The van der Waals surface area contributed by atoms with Gasteiger partial charge < -0.3 is 14.8 Å². The van der Waals surface area contributed by atoms with Crippen LogP contribution in [0.1, 0.15) is 44.7 Å². The third-order valence-corrected chi connectivity index (χ3v) is 4.47. The van der Waals surface area contributed by atoms with Gasteiger partial charge in [-0.3, -0.25) is 0 Å². The molecule has 0 bridgehead atoms. The molecule has 0 radical (unpaired) electrons. The fourth-order valence-corrected chi connectivity index (χ4v) is 3.54. The molecule has 0 aromatic carbocycles. The molecule has 1 fully saturated rings. The molecule has 1 atom stereocenters. The van der Waals surface area contributed by atoms with Crippen LogP contribution in [0, 0.1) is 0 Å². The van der Waals surface area contributed by atoms with Gasteiger partial charge in [-0.2, -0.15) is 11.3 Å². The smallest absolute Gasteiger partial charge is 0.0920 e. The maximum atomic E-state index is 6.22. The Bertz CT molecular complexity index is 342. The molecule has 1 unspecified atom stereocenters. The zero-order valence-electron chi connectivity index (χ0n) is 12.0. The lowest BCUT2D eigenvalue weighted by atomic mass is 9.82. The van der Waals surface area contributed by atoms with Gasteiger partial charge in [-0.25, -0.2) is 0 Å². The SMILES string of the molecule is CCCNC(c1ccsc1)C1(OCC)CCOCC1. The molecule has 1 aliphatic heterocycles. The van der Waals surface area contributed by atoms with Gasteiger partial charge in [0.05, 0.1) is 11.6 Å². The minimum Gasteiger partial charge on any atom is -0.381 e. The molecule has 0 amide bonds. The van der Waals surface area contributed by atoms with Crippen molar-refractivity contribution in [3.8, 4) is 0 Å². The first-order chi connectivity index (χ1) is 9.32. The van der Waals surface area contributed by atoms with Crippen LogP contribution in [0.3, 0.4) is 0 Å². The van der Waals surface area contributed by atoms with Crippen LogP contribution < -0.4 is 5.32 Å². The maximum absolute atomic E-state index is 6.22. The minimum absolute atomic E-state index is 0.108. The topological polar surface area (TPSA) is 30.5 Å². The van der Waals surface area contributed by atoms with E-state index >= 15 is 0 Å². The lowest BCUT2D eigenvalue weighted by molar-refractivity contribution is -0.128.